The first-order valence-corrected chi connectivity index (χ1v) is 7.90. The fourth-order valence-corrected chi connectivity index (χ4v) is 3.54. The lowest BCUT2D eigenvalue weighted by atomic mass is 10.3. The van der Waals surface area contributed by atoms with Crippen molar-refractivity contribution in [3.05, 3.63) is 51.4 Å². The number of carbonyl (C=O) groups is 1. The van der Waals surface area contributed by atoms with E-state index in [2.05, 4.69) is 15.3 Å². The first kappa shape index (κ1) is 13.1. The summed E-state index contributed by atoms with van der Waals surface area (Å²) in [6.07, 6.45) is 3.71. The summed E-state index contributed by atoms with van der Waals surface area (Å²) >= 11 is 3.07. The van der Waals surface area contributed by atoms with E-state index in [9.17, 15) is 4.79 Å². The number of aromatic amines is 1. The molecule has 0 bridgehead atoms. The average molecular weight is 303 g/mol. The minimum atomic E-state index is -0.0670. The molecule has 1 amide bonds. The number of H-pyrrole nitrogens is 1. The number of carbonyl (C=O) groups excluding carboxylic acids is 1. The van der Waals surface area contributed by atoms with Gasteiger partial charge in [-0.05, 0) is 30.0 Å². The van der Waals surface area contributed by atoms with E-state index >= 15 is 0 Å². The maximum Gasteiger partial charge on any atom is 0.263 e. The third kappa shape index (κ3) is 2.66. The van der Waals surface area contributed by atoms with Crippen LogP contribution in [-0.4, -0.2) is 15.9 Å². The van der Waals surface area contributed by atoms with Gasteiger partial charge in [-0.2, -0.15) is 11.3 Å². The Labute approximate surface area is 124 Å². The van der Waals surface area contributed by atoms with Gasteiger partial charge in [-0.15, -0.1) is 11.3 Å². The Balaban J connectivity index is 1.75. The Kier molecular flexibility index (Phi) is 3.66. The van der Waals surface area contributed by atoms with Gasteiger partial charge in [0.25, 0.3) is 5.91 Å². The van der Waals surface area contributed by atoms with Crippen LogP contribution in [0.3, 0.4) is 0 Å². The second-order valence-corrected chi connectivity index (χ2v) is 6.13. The monoisotopic (exact) mass is 303 g/mol. The molecule has 3 rings (SSSR count). The molecule has 0 fully saturated rings. The largest absolute Gasteiger partial charge is 0.367 e. The summed E-state index contributed by atoms with van der Waals surface area (Å²) in [7, 11) is 0. The second-order valence-electron chi connectivity index (χ2n) is 4.35. The van der Waals surface area contributed by atoms with E-state index in [0.29, 0.717) is 11.4 Å². The van der Waals surface area contributed by atoms with Gasteiger partial charge >= 0.3 is 0 Å². The van der Waals surface area contributed by atoms with Crippen LogP contribution < -0.4 is 5.32 Å². The van der Waals surface area contributed by atoms with Crippen molar-refractivity contribution in [2.75, 3.05) is 0 Å². The van der Waals surface area contributed by atoms with E-state index in [4.69, 9.17) is 0 Å². The number of aromatic nitrogens is 2. The standard InChI is InChI=1S/C14H13N3OS2/c1-9-12(13(18)16-7-10-2-4-15-6-10)20-14(17-9)11-3-5-19-8-11/h2-6,8,15H,7H2,1H3,(H,16,18). The minimum Gasteiger partial charge on any atom is -0.367 e. The molecule has 3 aromatic rings. The molecule has 6 heteroatoms. The van der Waals surface area contributed by atoms with Gasteiger partial charge in [-0.3, -0.25) is 4.79 Å². The zero-order valence-electron chi connectivity index (χ0n) is 10.8. The van der Waals surface area contributed by atoms with Gasteiger partial charge in [0.1, 0.15) is 9.88 Å². The van der Waals surface area contributed by atoms with Crippen molar-refractivity contribution in [2.24, 2.45) is 0 Å². The fourth-order valence-electron chi connectivity index (χ4n) is 1.85. The Morgan fingerprint density at radius 2 is 2.35 bits per heavy atom. The molecule has 102 valence electrons. The lowest BCUT2D eigenvalue weighted by Crippen LogP contribution is -2.22. The number of nitrogens with one attached hydrogen (secondary N) is 2. The van der Waals surface area contributed by atoms with Crippen molar-refractivity contribution in [3.8, 4) is 10.6 Å². The zero-order chi connectivity index (χ0) is 13.9. The Morgan fingerprint density at radius 3 is 3.05 bits per heavy atom. The smallest absolute Gasteiger partial charge is 0.263 e. The van der Waals surface area contributed by atoms with E-state index < -0.39 is 0 Å². The molecule has 0 atom stereocenters. The number of amides is 1. The van der Waals surface area contributed by atoms with E-state index in [1.807, 2.05) is 42.2 Å². The normalized spacial score (nSPS) is 10.7. The first-order valence-electron chi connectivity index (χ1n) is 6.14. The van der Waals surface area contributed by atoms with Crippen molar-refractivity contribution in [3.63, 3.8) is 0 Å². The van der Waals surface area contributed by atoms with Gasteiger partial charge in [-0.1, -0.05) is 0 Å². The van der Waals surface area contributed by atoms with Crippen LogP contribution in [0.2, 0.25) is 0 Å². The van der Waals surface area contributed by atoms with E-state index in [0.717, 1.165) is 21.8 Å². The molecule has 0 radical (unpaired) electrons. The predicted octanol–water partition coefficient (Wildman–Crippen LogP) is 3.44. The third-order valence-corrected chi connectivity index (χ3v) is 4.77. The summed E-state index contributed by atoms with van der Waals surface area (Å²) in [5.41, 5.74) is 2.91. The molecular weight excluding hydrogens is 290 g/mol. The van der Waals surface area contributed by atoms with Crippen LogP contribution in [-0.2, 0) is 6.54 Å². The molecule has 0 spiro atoms. The van der Waals surface area contributed by atoms with Crippen molar-refractivity contribution < 1.29 is 4.79 Å². The number of thiophene rings is 1. The van der Waals surface area contributed by atoms with Crippen LogP contribution in [0.15, 0.2) is 35.3 Å². The van der Waals surface area contributed by atoms with Gasteiger partial charge in [0.2, 0.25) is 0 Å². The lowest BCUT2D eigenvalue weighted by molar-refractivity contribution is 0.0954. The summed E-state index contributed by atoms with van der Waals surface area (Å²) in [5, 5.41) is 7.87. The van der Waals surface area contributed by atoms with Crippen molar-refractivity contribution in [2.45, 2.75) is 13.5 Å². The van der Waals surface area contributed by atoms with E-state index in [1.54, 1.807) is 11.3 Å². The quantitative estimate of drug-likeness (QED) is 0.775. The van der Waals surface area contributed by atoms with Gasteiger partial charge in [0.15, 0.2) is 0 Å². The first-order chi connectivity index (χ1) is 9.74. The summed E-state index contributed by atoms with van der Waals surface area (Å²) in [6.45, 7) is 2.39. The maximum atomic E-state index is 12.2. The second kappa shape index (κ2) is 5.60. The highest BCUT2D eigenvalue weighted by molar-refractivity contribution is 7.17. The maximum absolute atomic E-state index is 12.2. The van der Waals surface area contributed by atoms with Crippen LogP contribution in [0.25, 0.3) is 10.6 Å². The van der Waals surface area contributed by atoms with Crippen LogP contribution in [0.1, 0.15) is 20.9 Å². The number of hydrogen-bond acceptors (Lipinski definition) is 4. The predicted molar refractivity (Wildman–Crippen MR) is 82.1 cm³/mol. The molecule has 0 aliphatic heterocycles. The molecule has 0 unspecified atom stereocenters. The lowest BCUT2D eigenvalue weighted by Gasteiger charge is -2.01. The highest BCUT2D eigenvalue weighted by Crippen LogP contribution is 2.29. The number of thiazole rings is 1. The summed E-state index contributed by atoms with van der Waals surface area (Å²) in [4.78, 5) is 20.3. The molecule has 0 aliphatic carbocycles. The molecule has 3 aromatic heterocycles. The molecular formula is C14H13N3OS2. The zero-order valence-corrected chi connectivity index (χ0v) is 12.5. The average Bonchev–Trinajstić information content (AvgIpc) is 3.17. The van der Waals surface area contributed by atoms with Gasteiger partial charge in [0.05, 0.1) is 5.69 Å². The highest BCUT2D eigenvalue weighted by atomic mass is 32.1. The molecule has 4 nitrogen and oxygen atoms in total. The molecule has 0 aromatic carbocycles. The van der Waals surface area contributed by atoms with Gasteiger partial charge in [-0.25, -0.2) is 4.98 Å². The summed E-state index contributed by atoms with van der Waals surface area (Å²) in [6, 6.07) is 3.96. The molecule has 20 heavy (non-hydrogen) atoms. The van der Waals surface area contributed by atoms with Crippen molar-refractivity contribution >= 4 is 28.6 Å². The minimum absolute atomic E-state index is 0.0670. The number of rotatable bonds is 4. The fraction of sp³-hybridized carbons (Fsp3) is 0.143. The number of aryl methyl sites for hydroxylation is 1. The number of nitrogens with zero attached hydrogens (tertiary/aromatic N) is 1. The van der Waals surface area contributed by atoms with E-state index in [1.165, 1.54) is 11.3 Å². The van der Waals surface area contributed by atoms with E-state index in [-0.39, 0.29) is 5.91 Å². The summed E-state index contributed by atoms with van der Waals surface area (Å²) < 4.78 is 0. The molecule has 0 aliphatic rings. The Hall–Kier alpha value is -1.92. The van der Waals surface area contributed by atoms with Crippen LogP contribution in [0.4, 0.5) is 0 Å². The van der Waals surface area contributed by atoms with Gasteiger partial charge in [0, 0.05) is 29.9 Å². The molecule has 0 saturated carbocycles. The number of hydrogen-bond donors (Lipinski definition) is 2. The highest BCUT2D eigenvalue weighted by Gasteiger charge is 2.16. The van der Waals surface area contributed by atoms with Crippen LogP contribution in [0.5, 0.6) is 0 Å². The SMILES string of the molecule is Cc1nc(-c2ccsc2)sc1C(=O)NCc1cc[nH]c1. The third-order valence-electron chi connectivity index (χ3n) is 2.89. The molecule has 3 heterocycles. The topological polar surface area (TPSA) is 57.8 Å². The van der Waals surface area contributed by atoms with Crippen molar-refractivity contribution in [1.82, 2.24) is 15.3 Å². The molecule has 0 saturated heterocycles. The van der Waals surface area contributed by atoms with Crippen LogP contribution in [0, 0.1) is 6.92 Å². The summed E-state index contributed by atoms with van der Waals surface area (Å²) in [5.74, 6) is -0.0670. The van der Waals surface area contributed by atoms with Crippen LogP contribution >= 0.6 is 22.7 Å². The van der Waals surface area contributed by atoms with Gasteiger partial charge < -0.3 is 10.3 Å². The molecule has 2 N–H and O–H groups in total. The van der Waals surface area contributed by atoms with Crippen molar-refractivity contribution in [1.29, 1.82) is 0 Å². The Morgan fingerprint density at radius 1 is 1.45 bits per heavy atom. The Bertz CT molecular complexity index is 699.